The molecule has 0 bridgehead atoms. The molecule has 0 aliphatic heterocycles. The number of benzene rings is 2. The first-order chi connectivity index (χ1) is 15.1. The molecule has 1 heterocycles. The van der Waals surface area contributed by atoms with Crippen molar-refractivity contribution < 1.29 is 14.3 Å². The van der Waals surface area contributed by atoms with Gasteiger partial charge in [0.1, 0.15) is 6.61 Å². The smallest absolute Gasteiger partial charge is 0.310 e. The van der Waals surface area contributed by atoms with E-state index in [-0.39, 0.29) is 24.9 Å². The van der Waals surface area contributed by atoms with Crippen LogP contribution in [0.1, 0.15) is 23.2 Å². The van der Waals surface area contributed by atoms with E-state index in [0.717, 1.165) is 16.8 Å². The average molecular weight is 417 g/mol. The first-order valence-corrected chi connectivity index (χ1v) is 10.5. The first kappa shape index (κ1) is 22.2. The Labute approximate surface area is 183 Å². The molecule has 1 amide bonds. The normalized spacial score (nSPS) is 11.5. The molecule has 1 atom stereocenters. The standard InChI is InChI=1S/C26H28N2O3/c1-28(17-15-24-14-8-9-16-27-24)25(29)19-23(18-21-10-4-2-5-11-21)26(30)31-20-22-12-6-3-7-13-22/h2-14,16,23H,15,17-20H2,1H3/t23-/m1/s1. The Morgan fingerprint density at radius 2 is 1.55 bits per heavy atom. The molecule has 3 rings (SSSR count). The number of carbonyl (C=O) groups excluding carboxylic acids is 2. The number of rotatable bonds is 10. The number of nitrogens with zero attached hydrogens (tertiary/aromatic N) is 2. The molecule has 5 heteroatoms. The van der Waals surface area contributed by atoms with Gasteiger partial charge in [0.05, 0.1) is 5.92 Å². The highest BCUT2D eigenvalue weighted by Gasteiger charge is 2.25. The zero-order valence-corrected chi connectivity index (χ0v) is 17.8. The van der Waals surface area contributed by atoms with Crippen LogP contribution in [0, 0.1) is 5.92 Å². The van der Waals surface area contributed by atoms with E-state index < -0.39 is 5.92 Å². The third-order valence-corrected chi connectivity index (χ3v) is 5.16. The van der Waals surface area contributed by atoms with E-state index in [1.807, 2.05) is 78.9 Å². The summed E-state index contributed by atoms with van der Waals surface area (Å²) in [6, 6.07) is 25.0. The molecule has 0 radical (unpaired) electrons. The molecular formula is C26H28N2O3. The number of amides is 1. The van der Waals surface area contributed by atoms with Gasteiger partial charge in [0, 0.05) is 38.3 Å². The van der Waals surface area contributed by atoms with E-state index in [2.05, 4.69) is 4.98 Å². The van der Waals surface area contributed by atoms with Crippen LogP contribution in [0.2, 0.25) is 0 Å². The van der Waals surface area contributed by atoms with Crippen LogP contribution in [0.3, 0.4) is 0 Å². The van der Waals surface area contributed by atoms with Gasteiger partial charge in [-0.05, 0) is 29.7 Å². The molecule has 0 spiro atoms. The van der Waals surface area contributed by atoms with E-state index >= 15 is 0 Å². The van der Waals surface area contributed by atoms with Gasteiger partial charge in [-0.2, -0.15) is 0 Å². The van der Waals surface area contributed by atoms with Crippen LogP contribution in [0.5, 0.6) is 0 Å². The highest BCUT2D eigenvalue weighted by atomic mass is 16.5. The number of carbonyl (C=O) groups is 2. The zero-order chi connectivity index (χ0) is 21.9. The SMILES string of the molecule is CN(CCc1ccccn1)C(=O)C[C@@H](Cc1ccccc1)C(=O)OCc1ccccc1. The fourth-order valence-electron chi connectivity index (χ4n) is 3.30. The Kier molecular flexibility index (Phi) is 8.35. The topological polar surface area (TPSA) is 59.5 Å². The molecule has 5 nitrogen and oxygen atoms in total. The Hall–Kier alpha value is -3.47. The highest BCUT2D eigenvalue weighted by Crippen LogP contribution is 2.17. The van der Waals surface area contributed by atoms with E-state index in [0.29, 0.717) is 19.4 Å². The van der Waals surface area contributed by atoms with Gasteiger partial charge in [-0.15, -0.1) is 0 Å². The molecule has 0 unspecified atom stereocenters. The van der Waals surface area contributed by atoms with E-state index in [1.54, 1.807) is 18.1 Å². The maximum atomic E-state index is 12.9. The van der Waals surface area contributed by atoms with Gasteiger partial charge in [0.25, 0.3) is 0 Å². The number of ether oxygens (including phenoxy) is 1. The van der Waals surface area contributed by atoms with Gasteiger partial charge in [-0.1, -0.05) is 66.7 Å². The van der Waals surface area contributed by atoms with Gasteiger partial charge in [-0.25, -0.2) is 0 Å². The van der Waals surface area contributed by atoms with Crippen LogP contribution in [0.25, 0.3) is 0 Å². The van der Waals surface area contributed by atoms with Crippen molar-refractivity contribution in [1.29, 1.82) is 0 Å². The second-order valence-electron chi connectivity index (χ2n) is 7.57. The van der Waals surface area contributed by atoms with Crippen LogP contribution < -0.4 is 0 Å². The Bertz CT molecular complexity index is 946. The molecule has 2 aromatic carbocycles. The summed E-state index contributed by atoms with van der Waals surface area (Å²) in [5.74, 6) is -0.955. The summed E-state index contributed by atoms with van der Waals surface area (Å²) in [6.45, 7) is 0.752. The van der Waals surface area contributed by atoms with E-state index in [1.165, 1.54) is 0 Å². The number of aromatic nitrogens is 1. The van der Waals surface area contributed by atoms with Gasteiger partial charge in [0.15, 0.2) is 0 Å². The lowest BCUT2D eigenvalue weighted by molar-refractivity contribution is -0.152. The van der Waals surface area contributed by atoms with Crippen molar-refractivity contribution >= 4 is 11.9 Å². The fourth-order valence-corrected chi connectivity index (χ4v) is 3.30. The van der Waals surface area contributed by atoms with Gasteiger partial charge >= 0.3 is 5.97 Å². The third-order valence-electron chi connectivity index (χ3n) is 5.16. The van der Waals surface area contributed by atoms with Crippen molar-refractivity contribution in [3.05, 3.63) is 102 Å². The van der Waals surface area contributed by atoms with Crippen molar-refractivity contribution in [3.63, 3.8) is 0 Å². The number of pyridine rings is 1. The summed E-state index contributed by atoms with van der Waals surface area (Å²) in [4.78, 5) is 31.7. The summed E-state index contributed by atoms with van der Waals surface area (Å²) in [5, 5.41) is 0. The molecule has 3 aromatic rings. The molecule has 160 valence electrons. The molecule has 0 saturated heterocycles. The Balaban J connectivity index is 1.60. The van der Waals surface area contributed by atoms with Gasteiger partial charge in [0.2, 0.25) is 5.91 Å². The Morgan fingerprint density at radius 1 is 0.903 bits per heavy atom. The minimum absolute atomic E-state index is 0.0754. The highest BCUT2D eigenvalue weighted by molar-refractivity contribution is 5.83. The van der Waals surface area contributed by atoms with Crippen LogP contribution >= 0.6 is 0 Å². The van der Waals surface area contributed by atoms with Gasteiger partial charge in [-0.3, -0.25) is 14.6 Å². The second kappa shape index (κ2) is 11.6. The lowest BCUT2D eigenvalue weighted by Crippen LogP contribution is -2.33. The lowest BCUT2D eigenvalue weighted by Gasteiger charge is -2.21. The Morgan fingerprint density at radius 3 is 2.19 bits per heavy atom. The number of hydrogen-bond donors (Lipinski definition) is 0. The summed E-state index contributed by atoms with van der Waals surface area (Å²) in [6.07, 6.45) is 3.00. The molecule has 0 aliphatic rings. The largest absolute Gasteiger partial charge is 0.461 e. The zero-order valence-electron chi connectivity index (χ0n) is 17.8. The lowest BCUT2D eigenvalue weighted by atomic mass is 9.95. The molecule has 0 fully saturated rings. The molecular weight excluding hydrogens is 388 g/mol. The van der Waals surface area contributed by atoms with Crippen LogP contribution in [0.4, 0.5) is 0 Å². The van der Waals surface area contributed by atoms with Crippen molar-refractivity contribution in [2.45, 2.75) is 25.9 Å². The van der Waals surface area contributed by atoms with Crippen LogP contribution in [-0.2, 0) is 33.8 Å². The van der Waals surface area contributed by atoms with Crippen molar-refractivity contribution in [3.8, 4) is 0 Å². The summed E-state index contributed by atoms with van der Waals surface area (Å²) in [7, 11) is 1.76. The maximum Gasteiger partial charge on any atom is 0.310 e. The molecule has 0 saturated carbocycles. The minimum Gasteiger partial charge on any atom is -0.461 e. The van der Waals surface area contributed by atoms with Gasteiger partial charge < -0.3 is 9.64 Å². The summed E-state index contributed by atoms with van der Waals surface area (Å²) < 4.78 is 5.55. The average Bonchev–Trinajstić information content (AvgIpc) is 2.82. The summed E-state index contributed by atoms with van der Waals surface area (Å²) >= 11 is 0. The second-order valence-corrected chi connectivity index (χ2v) is 7.57. The molecule has 0 aliphatic carbocycles. The third kappa shape index (κ3) is 7.37. The fraction of sp³-hybridized carbons (Fsp3) is 0.269. The minimum atomic E-state index is -0.532. The first-order valence-electron chi connectivity index (χ1n) is 10.5. The molecule has 1 aromatic heterocycles. The molecule has 31 heavy (non-hydrogen) atoms. The van der Waals surface area contributed by atoms with Crippen LogP contribution in [-0.4, -0.2) is 35.4 Å². The number of esters is 1. The monoisotopic (exact) mass is 416 g/mol. The van der Waals surface area contributed by atoms with Crippen LogP contribution in [0.15, 0.2) is 85.1 Å². The quantitative estimate of drug-likeness (QED) is 0.468. The molecule has 0 N–H and O–H groups in total. The number of likely N-dealkylation sites (N-methyl/N-ethyl adjacent to an activating group) is 1. The van der Waals surface area contributed by atoms with E-state index in [9.17, 15) is 9.59 Å². The summed E-state index contributed by atoms with van der Waals surface area (Å²) in [5.41, 5.74) is 2.87. The van der Waals surface area contributed by atoms with Crippen molar-refractivity contribution in [2.24, 2.45) is 5.92 Å². The predicted molar refractivity (Wildman–Crippen MR) is 120 cm³/mol. The maximum absolute atomic E-state index is 12.9. The van der Waals surface area contributed by atoms with Crippen molar-refractivity contribution in [2.75, 3.05) is 13.6 Å². The van der Waals surface area contributed by atoms with E-state index in [4.69, 9.17) is 4.74 Å². The predicted octanol–water partition coefficient (Wildman–Crippen LogP) is 4.07. The number of hydrogen-bond acceptors (Lipinski definition) is 4. The van der Waals surface area contributed by atoms with Crippen molar-refractivity contribution in [1.82, 2.24) is 9.88 Å².